The molecule has 1 rings (SSSR count). The first kappa shape index (κ1) is 10.7. The summed E-state index contributed by atoms with van der Waals surface area (Å²) in [6.45, 7) is 0. The maximum absolute atomic E-state index is 12.9. The highest BCUT2D eigenvalue weighted by molar-refractivity contribution is 5.91. The molecule has 0 aliphatic rings. The standard InChI is InChI=1S/C10H7FN2O2/c11-8-2-6(1-7(3-8)5-12)4-9(13)10(14)15/h1-4H,13H2,(H,14,15)/b9-4+. The summed E-state index contributed by atoms with van der Waals surface area (Å²) in [5, 5.41) is 17.0. The van der Waals surface area contributed by atoms with Crippen LogP contribution in [0.2, 0.25) is 0 Å². The Kier molecular flexibility index (Phi) is 3.03. The number of halogens is 1. The van der Waals surface area contributed by atoms with Gasteiger partial charge in [0.15, 0.2) is 0 Å². The Bertz CT molecular complexity index is 475. The average molecular weight is 206 g/mol. The Balaban J connectivity index is 3.17. The van der Waals surface area contributed by atoms with Crippen LogP contribution in [0.5, 0.6) is 0 Å². The van der Waals surface area contributed by atoms with Crippen LogP contribution in [0, 0.1) is 17.1 Å². The first-order chi connectivity index (χ1) is 7.02. The number of nitriles is 1. The second kappa shape index (κ2) is 4.24. The Morgan fingerprint density at radius 2 is 2.20 bits per heavy atom. The number of rotatable bonds is 2. The van der Waals surface area contributed by atoms with Gasteiger partial charge in [-0.1, -0.05) is 0 Å². The molecule has 1 aromatic rings. The molecule has 0 amide bonds. The van der Waals surface area contributed by atoms with Gasteiger partial charge < -0.3 is 10.8 Å². The van der Waals surface area contributed by atoms with Gasteiger partial charge >= 0.3 is 5.97 Å². The summed E-state index contributed by atoms with van der Waals surface area (Å²) in [6.07, 6.45) is 1.09. The molecule has 3 N–H and O–H groups in total. The number of aliphatic carboxylic acids is 1. The number of hydrogen-bond donors (Lipinski definition) is 2. The summed E-state index contributed by atoms with van der Waals surface area (Å²) >= 11 is 0. The molecule has 4 nitrogen and oxygen atoms in total. The van der Waals surface area contributed by atoms with E-state index in [-0.39, 0.29) is 11.1 Å². The Hall–Kier alpha value is -2.35. The van der Waals surface area contributed by atoms with Crippen LogP contribution in [-0.4, -0.2) is 11.1 Å². The second-order valence-electron chi connectivity index (χ2n) is 2.79. The normalized spacial score (nSPS) is 10.8. The number of hydrogen-bond acceptors (Lipinski definition) is 3. The van der Waals surface area contributed by atoms with Gasteiger partial charge in [-0.25, -0.2) is 9.18 Å². The summed E-state index contributed by atoms with van der Waals surface area (Å²) in [4.78, 5) is 10.4. The molecule has 1 aromatic carbocycles. The molecule has 0 spiro atoms. The van der Waals surface area contributed by atoms with Crippen LogP contribution in [0.25, 0.3) is 6.08 Å². The van der Waals surface area contributed by atoms with Crippen LogP contribution in [0.1, 0.15) is 11.1 Å². The van der Waals surface area contributed by atoms with E-state index in [1.807, 2.05) is 0 Å². The number of carboxylic acid groups (broad SMARTS) is 1. The predicted octanol–water partition coefficient (Wildman–Crippen LogP) is 1.08. The van der Waals surface area contributed by atoms with Crippen molar-refractivity contribution in [2.75, 3.05) is 0 Å². The fourth-order valence-corrected chi connectivity index (χ4v) is 1.00. The van der Waals surface area contributed by atoms with Crippen LogP contribution in [-0.2, 0) is 4.79 Å². The lowest BCUT2D eigenvalue weighted by molar-refractivity contribution is -0.132. The monoisotopic (exact) mass is 206 g/mol. The maximum Gasteiger partial charge on any atom is 0.351 e. The number of nitrogens with zero attached hydrogens (tertiary/aromatic N) is 1. The van der Waals surface area contributed by atoms with Crippen molar-refractivity contribution in [3.63, 3.8) is 0 Å². The Labute approximate surface area is 85.1 Å². The van der Waals surface area contributed by atoms with Crippen LogP contribution in [0.3, 0.4) is 0 Å². The van der Waals surface area contributed by atoms with Crippen molar-refractivity contribution < 1.29 is 14.3 Å². The third kappa shape index (κ3) is 2.81. The molecule has 0 aliphatic heterocycles. The largest absolute Gasteiger partial charge is 0.477 e. The first-order valence-electron chi connectivity index (χ1n) is 3.94. The highest BCUT2D eigenvalue weighted by atomic mass is 19.1. The highest BCUT2D eigenvalue weighted by Crippen LogP contribution is 2.11. The van der Waals surface area contributed by atoms with Crippen molar-refractivity contribution in [2.45, 2.75) is 0 Å². The lowest BCUT2D eigenvalue weighted by Gasteiger charge is -1.97. The fourth-order valence-electron chi connectivity index (χ4n) is 1.00. The average Bonchev–Trinajstić information content (AvgIpc) is 2.16. The van der Waals surface area contributed by atoms with E-state index >= 15 is 0 Å². The first-order valence-corrected chi connectivity index (χ1v) is 3.94. The van der Waals surface area contributed by atoms with Crippen LogP contribution < -0.4 is 5.73 Å². The van der Waals surface area contributed by atoms with Gasteiger partial charge in [0, 0.05) is 0 Å². The molecule has 0 radical (unpaired) electrons. The summed E-state index contributed by atoms with van der Waals surface area (Å²) in [7, 11) is 0. The van der Waals surface area contributed by atoms with E-state index in [0.29, 0.717) is 0 Å². The molecule has 0 unspecified atom stereocenters. The number of carbonyl (C=O) groups is 1. The maximum atomic E-state index is 12.9. The quantitative estimate of drug-likeness (QED) is 0.709. The van der Waals surface area contributed by atoms with Gasteiger partial charge in [-0.15, -0.1) is 0 Å². The van der Waals surface area contributed by atoms with E-state index in [1.54, 1.807) is 6.07 Å². The summed E-state index contributed by atoms with van der Waals surface area (Å²) in [5.41, 5.74) is 5.09. The lowest BCUT2D eigenvalue weighted by Crippen LogP contribution is -2.09. The van der Waals surface area contributed by atoms with Crippen molar-refractivity contribution in [1.82, 2.24) is 0 Å². The van der Waals surface area contributed by atoms with Gasteiger partial charge in [0.25, 0.3) is 0 Å². The van der Waals surface area contributed by atoms with Crippen molar-refractivity contribution in [3.8, 4) is 6.07 Å². The molecule has 0 aromatic heterocycles. The van der Waals surface area contributed by atoms with Gasteiger partial charge in [0.1, 0.15) is 11.5 Å². The van der Waals surface area contributed by atoms with Gasteiger partial charge in [-0.3, -0.25) is 0 Å². The van der Waals surface area contributed by atoms with Crippen LogP contribution in [0.15, 0.2) is 23.9 Å². The second-order valence-corrected chi connectivity index (χ2v) is 2.79. The molecule has 0 aliphatic carbocycles. The Morgan fingerprint density at radius 3 is 2.73 bits per heavy atom. The van der Waals surface area contributed by atoms with E-state index in [4.69, 9.17) is 16.1 Å². The zero-order valence-electron chi connectivity index (χ0n) is 7.57. The van der Waals surface area contributed by atoms with Gasteiger partial charge in [0.05, 0.1) is 11.6 Å². The SMILES string of the molecule is N#Cc1cc(F)cc(/C=C(/N)C(=O)O)c1. The topological polar surface area (TPSA) is 87.1 Å². The minimum atomic E-state index is -1.29. The summed E-state index contributed by atoms with van der Waals surface area (Å²) in [6, 6.07) is 5.24. The smallest absolute Gasteiger partial charge is 0.351 e. The van der Waals surface area contributed by atoms with Crippen molar-refractivity contribution in [1.29, 1.82) is 5.26 Å². The molecule has 0 atom stereocenters. The van der Waals surface area contributed by atoms with Crippen molar-refractivity contribution in [2.24, 2.45) is 5.73 Å². The summed E-state index contributed by atoms with van der Waals surface area (Å²) < 4.78 is 12.9. The van der Waals surface area contributed by atoms with E-state index < -0.39 is 17.5 Å². The molecule has 5 heteroatoms. The van der Waals surface area contributed by atoms with Gasteiger partial charge in [-0.05, 0) is 29.8 Å². The number of carboxylic acids is 1. The molecule has 76 valence electrons. The van der Waals surface area contributed by atoms with E-state index in [2.05, 4.69) is 0 Å². The van der Waals surface area contributed by atoms with Gasteiger partial charge in [0.2, 0.25) is 0 Å². The minimum absolute atomic E-state index is 0.111. The molecular weight excluding hydrogens is 199 g/mol. The number of benzene rings is 1. The van der Waals surface area contributed by atoms with E-state index in [0.717, 1.165) is 18.2 Å². The van der Waals surface area contributed by atoms with Crippen molar-refractivity contribution >= 4 is 12.0 Å². The van der Waals surface area contributed by atoms with E-state index in [9.17, 15) is 9.18 Å². The third-order valence-corrected chi connectivity index (χ3v) is 1.62. The van der Waals surface area contributed by atoms with Gasteiger partial charge in [-0.2, -0.15) is 5.26 Å². The third-order valence-electron chi connectivity index (χ3n) is 1.62. The van der Waals surface area contributed by atoms with Crippen LogP contribution >= 0.6 is 0 Å². The molecule has 15 heavy (non-hydrogen) atoms. The lowest BCUT2D eigenvalue weighted by atomic mass is 10.1. The Morgan fingerprint density at radius 1 is 1.53 bits per heavy atom. The fraction of sp³-hybridized carbons (Fsp3) is 0. The predicted molar refractivity (Wildman–Crippen MR) is 50.9 cm³/mol. The number of nitrogens with two attached hydrogens (primary N) is 1. The van der Waals surface area contributed by atoms with Crippen molar-refractivity contribution in [3.05, 3.63) is 40.8 Å². The highest BCUT2D eigenvalue weighted by Gasteiger charge is 2.03. The van der Waals surface area contributed by atoms with Crippen LogP contribution in [0.4, 0.5) is 4.39 Å². The zero-order chi connectivity index (χ0) is 11.4. The molecule has 0 saturated carbocycles. The summed E-state index contributed by atoms with van der Waals surface area (Å²) in [5.74, 6) is -1.91. The van der Waals surface area contributed by atoms with E-state index in [1.165, 1.54) is 6.07 Å². The molecule has 0 saturated heterocycles. The molecular formula is C10H7FN2O2. The molecule has 0 fully saturated rings. The molecule has 0 bridgehead atoms. The minimum Gasteiger partial charge on any atom is -0.477 e. The molecule has 0 heterocycles. The zero-order valence-corrected chi connectivity index (χ0v) is 7.57.